The fraction of sp³-hybridized carbons (Fsp3) is 0.250. The number of hydrogen-bond acceptors (Lipinski definition) is 5. The molecule has 2 rings (SSSR count). The second-order valence-corrected chi connectivity index (χ2v) is 6.52. The molecular formula is C20H24N4O4. The number of benzene rings is 2. The number of rotatable bonds is 8. The molecule has 0 bridgehead atoms. The van der Waals surface area contributed by atoms with Crippen LogP contribution in [0.15, 0.2) is 48.5 Å². The molecule has 148 valence electrons. The maximum absolute atomic E-state index is 12.2. The van der Waals surface area contributed by atoms with E-state index in [1.807, 2.05) is 24.3 Å². The first kappa shape index (κ1) is 20.9. The molecule has 0 heterocycles. The van der Waals surface area contributed by atoms with Crippen LogP contribution in [-0.2, 0) is 16.0 Å². The quantitative estimate of drug-likeness (QED) is 0.545. The summed E-state index contributed by atoms with van der Waals surface area (Å²) in [6.45, 7) is 0.203. The molecule has 8 heteroatoms. The Morgan fingerprint density at radius 2 is 1.57 bits per heavy atom. The molecule has 2 aromatic rings. The first-order valence-electron chi connectivity index (χ1n) is 8.69. The summed E-state index contributed by atoms with van der Waals surface area (Å²) >= 11 is 0. The van der Waals surface area contributed by atoms with Crippen LogP contribution in [-0.4, -0.2) is 54.5 Å². The van der Waals surface area contributed by atoms with E-state index < -0.39 is 12.0 Å². The molecule has 2 amide bonds. The van der Waals surface area contributed by atoms with Gasteiger partial charge in [-0.3, -0.25) is 9.59 Å². The molecule has 8 nitrogen and oxygen atoms in total. The minimum Gasteiger partial charge on any atom is -0.478 e. The predicted molar refractivity (Wildman–Crippen MR) is 107 cm³/mol. The van der Waals surface area contributed by atoms with E-state index in [1.165, 1.54) is 29.2 Å². The van der Waals surface area contributed by atoms with Crippen LogP contribution in [0.3, 0.4) is 0 Å². The number of carbonyl (C=O) groups excluding carboxylic acids is 2. The molecule has 1 atom stereocenters. The summed E-state index contributed by atoms with van der Waals surface area (Å²) in [6.07, 6.45) is 0.343. The molecule has 0 saturated carbocycles. The Bertz CT molecular complexity index is 832. The average Bonchev–Trinajstić information content (AvgIpc) is 2.67. The molecule has 2 aromatic carbocycles. The van der Waals surface area contributed by atoms with Crippen molar-refractivity contribution >= 4 is 29.2 Å². The van der Waals surface area contributed by atoms with Gasteiger partial charge in [-0.25, -0.2) is 4.79 Å². The Morgan fingerprint density at radius 1 is 1.00 bits per heavy atom. The largest absolute Gasteiger partial charge is 0.478 e. The molecule has 0 radical (unpaired) electrons. The topological polar surface area (TPSA) is 125 Å². The minimum atomic E-state index is -1.03. The van der Waals surface area contributed by atoms with Crippen LogP contribution in [0.1, 0.15) is 15.9 Å². The maximum atomic E-state index is 12.2. The van der Waals surface area contributed by atoms with Crippen LogP contribution in [0.4, 0.5) is 11.4 Å². The molecule has 0 unspecified atom stereocenters. The number of carboxylic acids is 1. The summed E-state index contributed by atoms with van der Waals surface area (Å²) in [5, 5.41) is 14.6. The third-order valence-electron chi connectivity index (χ3n) is 4.09. The summed E-state index contributed by atoms with van der Waals surface area (Å²) in [5.41, 5.74) is 8.28. The molecular weight excluding hydrogens is 360 g/mol. The fourth-order valence-electron chi connectivity index (χ4n) is 2.37. The molecule has 0 saturated heterocycles. The number of amides is 2. The number of nitrogens with two attached hydrogens (primary N) is 1. The van der Waals surface area contributed by atoms with Crippen LogP contribution in [0, 0.1) is 0 Å². The zero-order chi connectivity index (χ0) is 20.7. The Hall–Kier alpha value is -3.39. The lowest BCUT2D eigenvalue weighted by Gasteiger charge is -2.14. The second-order valence-electron chi connectivity index (χ2n) is 6.52. The fourth-order valence-corrected chi connectivity index (χ4v) is 2.37. The van der Waals surface area contributed by atoms with Gasteiger partial charge in [0.25, 0.3) is 0 Å². The summed E-state index contributed by atoms with van der Waals surface area (Å²) in [5.74, 6) is -1.42. The molecule has 0 spiro atoms. The van der Waals surface area contributed by atoms with Crippen LogP contribution in [0.25, 0.3) is 0 Å². The number of carboxylic acid groups (broad SMARTS) is 1. The van der Waals surface area contributed by atoms with Crippen molar-refractivity contribution in [3.8, 4) is 0 Å². The predicted octanol–water partition coefficient (Wildman–Crippen LogP) is 1.39. The molecule has 0 aliphatic heterocycles. The molecule has 0 aromatic heterocycles. The SMILES string of the molecule is CN(C)C(=O)CNc1ccc(C[C@H](N)C(=O)Nc2ccc(C(=O)O)cc2)cc1. The van der Waals surface area contributed by atoms with Gasteiger partial charge >= 0.3 is 5.97 Å². The second kappa shape index (κ2) is 9.52. The average molecular weight is 384 g/mol. The molecule has 0 aliphatic rings. The van der Waals surface area contributed by atoms with Crippen molar-refractivity contribution in [1.82, 2.24) is 4.90 Å². The minimum absolute atomic E-state index is 0.0286. The van der Waals surface area contributed by atoms with Crippen LogP contribution in [0.2, 0.25) is 0 Å². The van der Waals surface area contributed by atoms with Gasteiger partial charge in [0.1, 0.15) is 0 Å². The van der Waals surface area contributed by atoms with E-state index >= 15 is 0 Å². The van der Waals surface area contributed by atoms with Gasteiger partial charge in [-0.15, -0.1) is 0 Å². The third-order valence-corrected chi connectivity index (χ3v) is 4.09. The van der Waals surface area contributed by atoms with Crippen molar-refractivity contribution in [3.63, 3.8) is 0 Å². The van der Waals surface area contributed by atoms with Crippen molar-refractivity contribution in [1.29, 1.82) is 0 Å². The standard InChI is InChI=1S/C20H24N4O4/c1-24(2)18(25)12-22-15-7-3-13(4-8-15)11-17(21)19(26)23-16-9-5-14(6-10-16)20(27)28/h3-10,17,22H,11-12,21H2,1-2H3,(H,23,26)(H,27,28)/t17-/m0/s1. The first-order valence-corrected chi connectivity index (χ1v) is 8.69. The smallest absolute Gasteiger partial charge is 0.335 e. The van der Waals surface area contributed by atoms with Gasteiger partial charge in [0, 0.05) is 25.5 Å². The van der Waals surface area contributed by atoms with Crippen LogP contribution < -0.4 is 16.4 Å². The lowest BCUT2D eigenvalue weighted by molar-refractivity contribution is -0.126. The zero-order valence-electron chi connectivity index (χ0n) is 15.8. The Kier molecular flexibility index (Phi) is 7.11. The Balaban J connectivity index is 1.87. The summed E-state index contributed by atoms with van der Waals surface area (Å²) in [6, 6.07) is 12.4. The van der Waals surface area contributed by atoms with Gasteiger partial charge in [-0.1, -0.05) is 12.1 Å². The third kappa shape index (κ3) is 6.10. The number of anilines is 2. The highest BCUT2D eigenvalue weighted by Gasteiger charge is 2.15. The van der Waals surface area contributed by atoms with Crippen molar-refractivity contribution in [3.05, 3.63) is 59.7 Å². The van der Waals surface area contributed by atoms with E-state index in [1.54, 1.807) is 14.1 Å². The van der Waals surface area contributed by atoms with Crippen molar-refractivity contribution in [2.24, 2.45) is 5.73 Å². The number of carbonyl (C=O) groups is 3. The van der Waals surface area contributed by atoms with E-state index in [2.05, 4.69) is 10.6 Å². The Morgan fingerprint density at radius 3 is 2.11 bits per heavy atom. The van der Waals surface area contributed by atoms with Crippen molar-refractivity contribution < 1.29 is 19.5 Å². The van der Waals surface area contributed by atoms with Gasteiger partial charge in [0.05, 0.1) is 18.2 Å². The number of likely N-dealkylation sites (N-methyl/N-ethyl adjacent to an activating group) is 1. The maximum Gasteiger partial charge on any atom is 0.335 e. The lowest BCUT2D eigenvalue weighted by atomic mass is 10.1. The van der Waals surface area contributed by atoms with Gasteiger partial charge in [0.15, 0.2) is 0 Å². The van der Waals surface area contributed by atoms with Gasteiger partial charge < -0.3 is 26.4 Å². The zero-order valence-corrected chi connectivity index (χ0v) is 15.8. The Labute approximate surface area is 163 Å². The van der Waals surface area contributed by atoms with Gasteiger partial charge in [0.2, 0.25) is 11.8 Å². The van der Waals surface area contributed by atoms with E-state index in [9.17, 15) is 14.4 Å². The van der Waals surface area contributed by atoms with Gasteiger partial charge in [-0.05, 0) is 48.4 Å². The van der Waals surface area contributed by atoms with E-state index in [0.29, 0.717) is 12.1 Å². The van der Waals surface area contributed by atoms with Crippen molar-refractivity contribution in [2.75, 3.05) is 31.3 Å². The van der Waals surface area contributed by atoms with E-state index in [0.717, 1.165) is 11.3 Å². The first-order chi connectivity index (χ1) is 13.3. The van der Waals surface area contributed by atoms with Crippen LogP contribution >= 0.6 is 0 Å². The monoisotopic (exact) mass is 384 g/mol. The van der Waals surface area contributed by atoms with Crippen LogP contribution in [0.5, 0.6) is 0 Å². The molecule has 0 aliphatic carbocycles. The molecule has 5 N–H and O–H groups in total. The number of aromatic carboxylic acids is 1. The van der Waals surface area contributed by atoms with E-state index in [-0.39, 0.29) is 23.9 Å². The molecule has 28 heavy (non-hydrogen) atoms. The highest BCUT2D eigenvalue weighted by atomic mass is 16.4. The summed E-state index contributed by atoms with van der Waals surface area (Å²) in [7, 11) is 3.39. The number of hydrogen-bond donors (Lipinski definition) is 4. The van der Waals surface area contributed by atoms with Crippen molar-refractivity contribution in [2.45, 2.75) is 12.5 Å². The number of nitrogens with one attached hydrogen (secondary N) is 2. The number of nitrogens with zero attached hydrogens (tertiary/aromatic N) is 1. The van der Waals surface area contributed by atoms with Gasteiger partial charge in [-0.2, -0.15) is 0 Å². The normalized spacial score (nSPS) is 11.4. The highest BCUT2D eigenvalue weighted by Crippen LogP contribution is 2.13. The molecule has 0 fully saturated rings. The highest BCUT2D eigenvalue weighted by molar-refractivity contribution is 5.95. The van der Waals surface area contributed by atoms with E-state index in [4.69, 9.17) is 10.8 Å². The lowest BCUT2D eigenvalue weighted by Crippen LogP contribution is -2.37. The summed E-state index contributed by atoms with van der Waals surface area (Å²) < 4.78 is 0. The summed E-state index contributed by atoms with van der Waals surface area (Å²) in [4.78, 5) is 36.2.